The normalized spacial score (nSPS) is 17.7. The van der Waals surface area contributed by atoms with Gasteiger partial charge in [0.15, 0.2) is 0 Å². The topological polar surface area (TPSA) is 118 Å². The number of imide groups is 1. The van der Waals surface area contributed by atoms with Crippen molar-refractivity contribution < 1.29 is 14.4 Å². The molecule has 10 heteroatoms. The molecule has 1 aliphatic heterocycles. The van der Waals surface area contributed by atoms with Crippen molar-refractivity contribution in [3.05, 3.63) is 33.3 Å². The highest BCUT2D eigenvalue weighted by molar-refractivity contribution is 7.12. The summed E-state index contributed by atoms with van der Waals surface area (Å²) in [4.78, 5) is 37.3. The summed E-state index contributed by atoms with van der Waals surface area (Å²) in [6.07, 6.45) is 1.82. The molecule has 0 saturated carbocycles. The van der Waals surface area contributed by atoms with Gasteiger partial charge in [0.25, 0.3) is 5.91 Å². The fourth-order valence-electron chi connectivity index (χ4n) is 2.91. The van der Waals surface area contributed by atoms with E-state index in [0.29, 0.717) is 5.69 Å². The molecule has 3 N–H and O–H groups in total. The average Bonchev–Trinajstić information content (AvgIpc) is 3.20. The van der Waals surface area contributed by atoms with Gasteiger partial charge in [-0.15, -0.1) is 16.4 Å². The minimum atomic E-state index is -0.661. The van der Waals surface area contributed by atoms with Gasteiger partial charge in [0.2, 0.25) is 5.91 Å². The van der Waals surface area contributed by atoms with Gasteiger partial charge in [-0.3, -0.25) is 14.9 Å². The zero-order valence-corrected chi connectivity index (χ0v) is 15.5. The number of aromatic nitrogens is 3. The van der Waals surface area contributed by atoms with E-state index in [1.807, 2.05) is 20.8 Å². The molecule has 3 heterocycles. The summed E-state index contributed by atoms with van der Waals surface area (Å²) < 4.78 is 1.41. The number of carbonyl (C=O) groups excluding carboxylic acids is 3. The van der Waals surface area contributed by atoms with E-state index in [-0.39, 0.29) is 24.9 Å². The Balaban J connectivity index is 1.55. The van der Waals surface area contributed by atoms with Gasteiger partial charge in [0, 0.05) is 22.4 Å². The molecular formula is C16H20N6O3S. The van der Waals surface area contributed by atoms with Crippen LogP contribution in [0.5, 0.6) is 0 Å². The highest BCUT2D eigenvalue weighted by Crippen LogP contribution is 2.26. The maximum atomic E-state index is 12.2. The number of thiophene rings is 1. The Morgan fingerprint density at radius 1 is 1.42 bits per heavy atom. The summed E-state index contributed by atoms with van der Waals surface area (Å²) in [6.45, 7) is 6.06. The molecule has 2 aromatic rings. The van der Waals surface area contributed by atoms with Crippen LogP contribution in [0.25, 0.3) is 0 Å². The Bertz CT molecular complexity index is 858. The van der Waals surface area contributed by atoms with Crippen LogP contribution in [-0.2, 0) is 22.6 Å². The first kappa shape index (κ1) is 18.1. The molecule has 2 atom stereocenters. The van der Waals surface area contributed by atoms with Crippen molar-refractivity contribution in [1.82, 2.24) is 30.9 Å². The molecule has 1 saturated heterocycles. The first-order chi connectivity index (χ1) is 12.3. The van der Waals surface area contributed by atoms with E-state index in [4.69, 9.17) is 0 Å². The summed E-state index contributed by atoms with van der Waals surface area (Å²) in [6, 6.07) is 0.818. The van der Waals surface area contributed by atoms with Crippen LogP contribution in [0, 0.1) is 13.8 Å². The number of hydrogen-bond acceptors (Lipinski definition) is 6. The van der Waals surface area contributed by atoms with E-state index in [0.717, 1.165) is 5.56 Å². The van der Waals surface area contributed by atoms with E-state index >= 15 is 0 Å². The number of nitrogens with one attached hydrogen (secondary N) is 3. The third-order valence-corrected chi connectivity index (χ3v) is 5.07. The third kappa shape index (κ3) is 4.07. The second-order valence-electron chi connectivity index (χ2n) is 6.28. The average molecular weight is 376 g/mol. The number of amides is 4. The first-order valence-corrected chi connectivity index (χ1v) is 9.00. The van der Waals surface area contributed by atoms with E-state index in [2.05, 4.69) is 32.3 Å². The quantitative estimate of drug-likeness (QED) is 0.638. The molecule has 0 radical (unpaired) electrons. The van der Waals surface area contributed by atoms with Crippen molar-refractivity contribution in [3.8, 4) is 0 Å². The Hall–Kier alpha value is -2.75. The lowest BCUT2D eigenvalue weighted by atomic mass is 10.1. The van der Waals surface area contributed by atoms with Gasteiger partial charge < -0.3 is 10.6 Å². The molecule has 1 fully saturated rings. The summed E-state index contributed by atoms with van der Waals surface area (Å²) in [7, 11) is 0. The van der Waals surface area contributed by atoms with Crippen LogP contribution in [0.15, 0.2) is 12.3 Å². The van der Waals surface area contributed by atoms with Gasteiger partial charge in [-0.25, -0.2) is 9.48 Å². The molecule has 0 bridgehead atoms. The molecule has 3 rings (SSSR count). The third-order valence-electron chi connectivity index (χ3n) is 4.09. The van der Waals surface area contributed by atoms with Crippen LogP contribution in [0.3, 0.4) is 0 Å². The zero-order chi connectivity index (χ0) is 18.8. The van der Waals surface area contributed by atoms with Crippen LogP contribution < -0.4 is 16.0 Å². The molecule has 2 unspecified atom stereocenters. The fourth-order valence-corrected chi connectivity index (χ4v) is 3.94. The molecule has 0 spiro atoms. The minimum Gasteiger partial charge on any atom is -0.348 e. The summed E-state index contributed by atoms with van der Waals surface area (Å²) in [5.41, 5.74) is 1.64. The van der Waals surface area contributed by atoms with E-state index < -0.39 is 18.0 Å². The summed E-state index contributed by atoms with van der Waals surface area (Å²) in [5, 5.41) is 15.5. The lowest BCUT2D eigenvalue weighted by Crippen LogP contribution is -2.31. The Labute approximate surface area is 154 Å². The molecule has 0 aromatic carbocycles. The van der Waals surface area contributed by atoms with Crippen LogP contribution in [0.2, 0.25) is 0 Å². The SMILES string of the molecule is Cc1cc(C(C)NC(=O)Cn2cc(CC3NC(=O)NC3=O)nn2)c(C)s1. The maximum absolute atomic E-state index is 12.2. The number of urea groups is 1. The van der Waals surface area contributed by atoms with E-state index in [9.17, 15) is 14.4 Å². The highest BCUT2D eigenvalue weighted by atomic mass is 32.1. The molecule has 0 aliphatic carbocycles. The molecule has 9 nitrogen and oxygen atoms in total. The first-order valence-electron chi connectivity index (χ1n) is 8.18. The van der Waals surface area contributed by atoms with Crippen LogP contribution in [0.4, 0.5) is 4.79 Å². The van der Waals surface area contributed by atoms with Crippen molar-refractivity contribution in [2.75, 3.05) is 0 Å². The van der Waals surface area contributed by atoms with Crippen molar-refractivity contribution in [2.45, 2.75) is 45.8 Å². The summed E-state index contributed by atoms with van der Waals surface area (Å²) >= 11 is 1.71. The zero-order valence-electron chi connectivity index (χ0n) is 14.7. The Kier molecular flexibility index (Phi) is 5.03. The monoisotopic (exact) mass is 376 g/mol. The number of rotatable bonds is 6. The number of carbonyl (C=O) groups is 3. The largest absolute Gasteiger partial charge is 0.348 e. The second kappa shape index (κ2) is 7.24. The number of nitrogens with zero attached hydrogens (tertiary/aromatic N) is 3. The molecular weight excluding hydrogens is 356 g/mol. The predicted molar refractivity (Wildman–Crippen MR) is 94.5 cm³/mol. The van der Waals surface area contributed by atoms with Gasteiger partial charge in [0.05, 0.1) is 11.7 Å². The molecule has 26 heavy (non-hydrogen) atoms. The van der Waals surface area contributed by atoms with E-state index in [1.165, 1.54) is 14.4 Å². The van der Waals surface area contributed by atoms with Crippen molar-refractivity contribution in [1.29, 1.82) is 0 Å². The van der Waals surface area contributed by atoms with E-state index in [1.54, 1.807) is 17.5 Å². The lowest BCUT2D eigenvalue weighted by molar-refractivity contribution is -0.122. The smallest absolute Gasteiger partial charge is 0.322 e. The molecule has 2 aromatic heterocycles. The van der Waals surface area contributed by atoms with Crippen LogP contribution >= 0.6 is 11.3 Å². The minimum absolute atomic E-state index is 0.0305. The van der Waals surface area contributed by atoms with Gasteiger partial charge in [-0.1, -0.05) is 5.21 Å². The van der Waals surface area contributed by atoms with Gasteiger partial charge >= 0.3 is 6.03 Å². The standard InChI is InChI=1S/C16H20N6O3S/c1-8-4-12(10(3)26-8)9(2)17-14(23)7-22-6-11(20-21-22)5-13-15(24)19-16(25)18-13/h4,6,9,13H,5,7H2,1-3H3,(H,17,23)(H2,18,19,24,25). The Morgan fingerprint density at radius 3 is 2.81 bits per heavy atom. The van der Waals surface area contributed by atoms with Gasteiger partial charge in [-0.2, -0.15) is 0 Å². The Morgan fingerprint density at radius 2 is 2.19 bits per heavy atom. The van der Waals surface area contributed by atoms with Crippen LogP contribution in [0.1, 0.15) is 34.0 Å². The number of hydrogen-bond donors (Lipinski definition) is 3. The van der Waals surface area contributed by atoms with Crippen molar-refractivity contribution in [2.24, 2.45) is 0 Å². The predicted octanol–water partition coefficient (Wildman–Crippen LogP) is 0.584. The van der Waals surface area contributed by atoms with Gasteiger partial charge in [-0.05, 0) is 32.4 Å². The maximum Gasteiger partial charge on any atom is 0.322 e. The molecule has 138 valence electrons. The fraction of sp³-hybridized carbons (Fsp3) is 0.438. The highest BCUT2D eigenvalue weighted by Gasteiger charge is 2.30. The van der Waals surface area contributed by atoms with Crippen molar-refractivity contribution in [3.63, 3.8) is 0 Å². The lowest BCUT2D eigenvalue weighted by Gasteiger charge is -2.13. The van der Waals surface area contributed by atoms with Crippen molar-refractivity contribution >= 4 is 29.2 Å². The van der Waals surface area contributed by atoms with Gasteiger partial charge in [0.1, 0.15) is 12.6 Å². The molecule has 1 aliphatic rings. The van der Waals surface area contributed by atoms with Crippen LogP contribution in [-0.4, -0.2) is 38.9 Å². The summed E-state index contributed by atoms with van der Waals surface area (Å²) in [5.74, 6) is -0.568. The molecule has 4 amide bonds. The second-order valence-corrected chi connectivity index (χ2v) is 7.75. The number of aryl methyl sites for hydroxylation is 2.